The molecule has 5 rings (SSSR count). The van der Waals surface area contributed by atoms with Gasteiger partial charge in [-0.15, -0.1) is 0 Å². The Morgan fingerprint density at radius 1 is 1.00 bits per heavy atom. The van der Waals surface area contributed by atoms with Crippen LogP contribution in [0.2, 0.25) is 0 Å². The summed E-state index contributed by atoms with van der Waals surface area (Å²) in [6.45, 7) is 15.5. The van der Waals surface area contributed by atoms with Crippen LogP contribution in [0.3, 0.4) is 0 Å². The molecule has 0 aromatic heterocycles. The van der Waals surface area contributed by atoms with Crippen molar-refractivity contribution in [2.24, 2.45) is 0 Å². The minimum absolute atomic E-state index is 0.132. The summed E-state index contributed by atoms with van der Waals surface area (Å²) < 4.78 is 25.4. The van der Waals surface area contributed by atoms with Crippen molar-refractivity contribution in [1.82, 2.24) is 0 Å². The number of benzene rings is 2. The fourth-order valence-corrected chi connectivity index (χ4v) is 5.85. The maximum absolute atomic E-state index is 13.3. The van der Waals surface area contributed by atoms with Crippen LogP contribution in [0.5, 0.6) is 17.2 Å². The number of hydrogen-bond acceptors (Lipinski definition) is 5. The summed E-state index contributed by atoms with van der Waals surface area (Å²) in [6.07, 6.45) is 5.40. The third-order valence-electron chi connectivity index (χ3n) is 8.06. The van der Waals surface area contributed by atoms with Gasteiger partial charge in [0.25, 0.3) is 0 Å². The molecular weight excluding hydrogens is 464 g/mol. The molecule has 0 amide bonds. The van der Waals surface area contributed by atoms with Crippen LogP contribution < -0.4 is 14.2 Å². The lowest BCUT2D eigenvalue weighted by Crippen LogP contribution is -2.34. The summed E-state index contributed by atoms with van der Waals surface area (Å²) in [6, 6.07) is 8.23. The first-order valence-electron chi connectivity index (χ1n) is 13.9. The largest absolute Gasteiger partial charge is 0.487 e. The third kappa shape index (κ3) is 5.38. The number of aryl methyl sites for hydroxylation is 2. The van der Waals surface area contributed by atoms with Gasteiger partial charge in [0.05, 0.1) is 17.6 Å². The average Bonchev–Trinajstić information content (AvgIpc) is 2.81. The van der Waals surface area contributed by atoms with Gasteiger partial charge in [-0.25, -0.2) is 0 Å². The molecule has 3 aliphatic heterocycles. The molecule has 0 aliphatic carbocycles. The minimum Gasteiger partial charge on any atom is -0.487 e. The molecule has 0 saturated carbocycles. The molecule has 200 valence electrons. The minimum atomic E-state index is -0.319. The van der Waals surface area contributed by atoms with Crippen molar-refractivity contribution in [3.63, 3.8) is 0 Å². The van der Waals surface area contributed by atoms with Crippen LogP contribution in [0, 0.1) is 0 Å². The second-order valence-corrected chi connectivity index (χ2v) is 12.7. The van der Waals surface area contributed by atoms with E-state index in [0.717, 1.165) is 61.2 Å². The van der Waals surface area contributed by atoms with Crippen molar-refractivity contribution in [2.75, 3.05) is 6.61 Å². The van der Waals surface area contributed by atoms with Crippen LogP contribution in [-0.4, -0.2) is 29.2 Å². The molecule has 0 N–H and O–H groups in total. The van der Waals surface area contributed by atoms with Crippen molar-refractivity contribution in [3.05, 3.63) is 52.1 Å². The Kier molecular flexibility index (Phi) is 6.59. The van der Waals surface area contributed by atoms with Crippen LogP contribution in [0.15, 0.2) is 24.3 Å². The summed E-state index contributed by atoms with van der Waals surface area (Å²) in [7, 11) is 0. The number of Topliss-reactive ketones (excluding diaryl/α,β-unsaturated/α-hetero) is 1. The zero-order valence-corrected chi connectivity index (χ0v) is 23.6. The van der Waals surface area contributed by atoms with Gasteiger partial charge in [-0.05, 0) is 128 Å². The van der Waals surface area contributed by atoms with Crippen LogP contribution in [0.4, 0.5) is 0 Å². The van der Waals surface area contributed by atoms with Gasteiger partial charge in [0.1, 0.15) is 34.6 Å². The topological polar surface area (TPSA) is 54.0 Å². The first-order chi connectivity index (χ1) is 17.4. The van der Waals surface area contributed by atoms with Gasteiger partial charge in [-0.3, -0.25) is 4.79 Å². The smallest absolute Gasteiger partial charge is 0.170 e. The summed E-state index contributed by atoms with van der Waals surface area (Å²) in [5, 5.41) is 0. The van der Waals surface area contributed by atoms with E-state index < -0.39 is 0 Å². The molecule has 5 heteroatoms. The SMILES string of the molecule is CCOC(C)(C)CCc1cc([C@H]2CC(=O)c3ccc4c(c3O2)CCC(C)(C)O4)cc2c1OC(C)(C)CC2. The van der Waals surface area contributed by atoms with Gasteiger partial charge in [0.15, 0.2) is 5.78 Å². The number of fused-ring (bicyclic) bond motifs is 4. The Bertz CT molecular complexity index is 1210. The molecule has 0 saturated heterocycles. The molecule has 1 atom stereocenters. The van der Waals surface area contributed by atoms with Gasteiger partial charge in [-0.1, -0.05) is 0 Å². The molecule has 2 aromatic rings. The molecule has 0 fully saturated rings. The van der Waals surface area contributed by atoms with E-state index in [1.165, 1.54) is 11.1 Å². The highest BCUT2D eigenvalue weighted by molar-refractivity contribution is 6.00. The number of carbonyl (C=O) groups excluding carboxylic acids is 1. The van der Waals surface area contributed by atoms with Gasteiger partial charge < -0.3 is 18.9 Å². The number of rotatable bonds is 6. The standard InChI is InChI=1S/C32H42O5/c1-8-34-30(2,3)14-11-20-17-22(18-21-12-15-32(6,7)37-28(20)21)27-19-25(33)23-9-10-26-24(29(23)35-27)13-16-31(4,5)36-26/h9-10,17-18,27H,8,11-16,19H2,1-7H3/t27-/m1/s1. The van der Waals surface area contributed by atoms with Crippen LogP contribution >= 0.6 is 0 Å². The third-order valence-corrected chi connectivity index (χ3v) is 8.06. The van der Waals surface area contributed by atoms with Crippen molar-refractivity contribution in [1.29, 1.82) is 0 Å². The molecule has 0 bridgehead atoms. The molecule has 3 heterocycles. The van der Waals surface area contributed by atoms with Crippen molar-refractivity contribution in [3.8, 4) is 17.2 Å². The highest BCUT2D eigenvalue weighted by Gasteiger charge is 2.36. The predicted octanol–water partition coefficient (Wildman–Crippen LogP) is 7.35. The maximum atomic E-state index is 13.3. The van der Waals surface area contributed by atoms with E-state index in [1.54, 1.807) is 0 Å². The monoisotopic (exact) mass is 506 g/mol. The Morgan fingerprint density at radius 3 is 2.49 bits per heavy atom. The van der Waals surface area contributed by atoms with E-state index in [4.69, 9.17) is 18.9 Å². The molecular formula is C32H42O5. The van der Waals surface area contributed by atoms with Gasteiger partial charge in [0.2, 0.25) is 0 Å². The first kappa shape index (κ1) is 26.1. The fraction of sp³-hybridized carbons (Fsp3) is 0.594. The molecule has 0 unspecified atom stereocenters. The Labute approximate surface area is 221 Å². The highest BCUT2D eigenvalue weighted by Crippen LogP contribution is 2.46. The quantitative estimate of drug-likeness (QED) is 0.410. The maximum Gasteiger partial charge on any atom is 0.170 e. The lowest BCUT2D eigenvalue weighted by molar-refractivity contribution is -0.0160. The van der Waals surface area contributed by atoms with Gasteiger partial charge >= 0.3 is 0 Å². The molecule has 5 nitrogen and oxygen atoms in total. The zero-order valence-electron chi connectivity index (χ0n) is 23.6. The van der Waals surface area contributed by atoms with Crippen molar-refractivity contribution < 1.29 is 23.7 Å². The molecule has 0 spiro atoms. The molecule has 3 aliphatic rings. The number of carbonyl (C=O) groups is 1. The van der Waals surface area contributed by atoms with E-state index in [0.29, 0.717) is 24.3 Å². The highest BCUT2D eigenvalue weighted by atomic mass is 16.5. The number of ketones is 1. The van der Waals surface area contributed by atoms with Crippen molar-refractivity contribution >= 4 is 5.78 Å². The van der Waals surface area contributed by atoms with Crippen LogP contribution in [-0.2, 0) is 24.0 Å². The lowest BCUT2D eigenvalue weighted by Gasteiger charge is -2.37. The number of hydrogen-bond donors (Lipinski definition) is 0. The molecule has 37 heavy (non-hydrogen) atoms. The van der Waals surface area contributed by atoms with E-state index in [1.807, 2.05) is 19.1 Å². The van der Waals surface area contributed by atoms with Crippen LogP contribution in [0.1, 0.15) is 113 Å². The normalized spacial score (nSPS) is 21.6. The van der Waals surface area contributed by atoms with Gasteiger partial charge in [0, 0.05) is 12.2 Å². The Morgan fingerprint density at radius 2 is 1.73 bits per heavy atom. The first-order valence-corrected chi connectivity index (χ1v) is 13.9. The van der Waals surface area contributed by atoms with E-state index in [9.17, 15) is 4.79 Å². The van der Waals surface area contributed by atoms with Crippen LogP contribution in [0.25, 0.3) is 0 Å². The summed E-state index contributed by atoms with van der Waals surface area (Å²) in [4.78, 5) is 13.3. The zero-order chi connectivity index (χ0) is 26.6. The Hall–Kier alpha value is -2.53. The second kappa shape index (κ2) is 9.34. The summed E-state index contributed by atoms with van der Waals surface area (Å²) in [5.41, 5.74) is 4.53. The molecule has 0 radical (unpaired) electrons. The van der Waals surface area contributed by atoms with Crippen molar-refractivity contribution in [2.45, 2.75) is 116 Å². The van der Waals surface area contributed by atoms with E-state index in [2.05, 4.69) is 53.7 Å². The van der Waals surface area contributed by atoms with E-state index >= 15 is 0 Å². The summed E-state index contributed by atoms with van der Waals surface area (Å²) in [5.74, 6) is 2.68. The lowest BCUT2D eigenvalue weighted by atomic mass is 9.86. The van der Waals surface area contributed by atoms with E-state index in [-0.39, 0.29) is 28.7 Å². The average molecular weight is 507 g/mol. The predicted molar refractivity (Wildman–Crippen MR) is 145 cm³/mol. The molecule has 2 aromatic carbocycles. The number of ether oxygens (including phenoxy) is 4. The Balaban J connectivity index is 1.50. The second-order valence-electron chi connectivity index (χ2n) is 12.7. The summed E-state index contributed by atoms with van der Waals surface area (Å²) >= 11 is 0. The fourth-order valence-electron chi connectivity index (χ4n) is 5.85. The van der Waals surface area contributed by atoms with Gasteiger partial charge in [-0.2, -0.15) is 0 Å².